The Labute approximate surface area is 175 Å². The van der Waals surface area contributed by atoms with Crippen LogP contribution in [0.25, 0.3) is 32.8 Å². The fourth-order valence-corrected chi connectivity index (χ4v) is 4.16. The summed E-state index contributed by atoms with van der Waals surface area (Å²) in [5.74, 6) is -0.110. The maximum Gasteiger partial charge on any atom is 0.346 e. The van der Waals surface area contributed by atoms with Gasteiger partial charge in [0.2, 0.25) is 0 Å². The molecule has 5 nitrogen and oxygen atoms in total. The van der Waals surface area contributed by atoms with E-state index in [9.17, 15) is 9.59 Å². The van der Waals surface area contributed by atoms with Crippen molar-refractivity contribution in [2.45, 2.75) is 20.3 Å². The van der Waals surface area contributed by atoms with Crippen molar-refractivity contribution in [3.8, 4) is 27.6 Å². The molecule has 0 spiro atoms. The van der Waals surface area contributed by atoms with Crippen LogP contribution in [0.2, 0.25) is 5.02 Å². The van der Waals surface area contributed by atoms with Crippen molar-refractivity contribution in [3.63, 3.8) is 0 Å². The first-order chi connectivity index (χ1) is 13.9. The molecule has 4 rings (SSSR count). The topological polar surface area (TPSA) is 69.4 Å². The van der Waals surface area contributed by atoms with Gasteiger partial charge in [0.25, 0.3) is 0 Å². The average molecular weight is 426 g/mol. The van der Waals surface area contributed by atoms with E-state index in [1.165, 1.54) is 24.3 Å². The summed E-state index contributed by atoms with van der Waals surface area (Å²) in [7, 11) is 0. The minimum Gasteiger partial charge on any atom is -0.427 e. The van der Waals surface area contributed by atoms with E-state index >= 15 is 0 Å². The van der Waals surface area contributed by atoms with Gasteiger partial charge in [-0.1, -0.05) is 30.7 Å². The van der Waals surface area contributed by atoms with Gasteiger partial charge in [0, 0.05) is 33.8 Å². The number of halogens is 1. The molecule has 2 heterocycles. The number of hydrogen-bond donors (Lipinski definition) is 0. The normalized spacial score (nSPS) is 11.0. The molecule has 0 N–H and O–H groups in total. The van der Waals surface area contributed by atoms with Crippen LogP contribution in [0.1, 0.15) is 18.7 Å². The number of aryl methyl sites for hydroxylation is 1. The third-order valence-electron chi connectivity index (χ3n) is 4.34. The Morgan fingerprint density at radius 1 is 1.17 bits per heavy atom. The standard InChI is InChI=1S/C22H16ClNO4S/c1-3-19-20(13-4-7-15(23)8-5-13)24-21(29-19)17-10-14-6-9-16(27-12(2)25)11-18(14)28-22(17)26/h4-11H,3H2,1-2H3. The fraction of sp³-hybridized carbons (Fsp3) is 0.136. The largest absolute Gasteiger partial charge is 0.427 e. The average Bonchev–Trinajstić information content (AvgIpc) is 3.11. The number of carbonyl (C=O) groups excluding carboxylic acids is 1. The molecule has 0 fully saturated rings. The second-order valence-corrected chi connectivity index (χ2v) is 7.91. The van der Waals surface area contributed by atoms with Crippen LogP contribution in [0.3, 0.4) is 0 Å². The first-order valence-electron chi connectivity index (χ1n) is 8.97. The third kappa shape index (κ3) is 3.95. The molecule has 29 heavy (non-hydrogen) atoms. The van der Waals surface area contributed by atoms with Crippen LogP contribution in [-0.2, 0) is 11.2 Å². The minimum absolute atomic E-state index is 0.327. The van der Waals surface area contributed by atoms with Crippen LogP contribution in [0.4, 0.5) is 0 Å². The lowest BCUT2D eigenvalue weighted by molar-refractivity contribution is -0.131. The van der Waals surface area contributed by atoms with Crippen molar-refractivity contribution in [2.24, 2.45) is 0 Å². The first kappa shape index (κ1) is 19.4. The van der Waals surface area contributed by atoms with Crippen LogP contribution in [-0.4, -0.2) is 11.0 Å². The van der Waals surface area contributed by atoms with Gasteiger partial charge in [-0.25, -0.2) is 9.78 Å². The van der Waals surface area contributed by atoms with Crippen molar-refractivity contribution < 1.29 is 13.9 Å². The zero-order valence-electron chi connectivity index (χ0n) is 15.7. The summed E-state index contributed by atoms with van der Waals surface area (Å²) < 4.78 is 10.5. The van der Waals surface area contributed by atoms with E-state index in [4.69, 9.17) is 25.7 Å². The number of hydrogen-bond acceptors (Lipinski definition) is 6. The van der Waals surface area contributed by atoms with Crippen LogP contribution in [0, 0.1) is 0 Å². The Balaban J connectivity index is 1.80. The van der Waals surface area contributed by atoms with Crippen molar-refractivity contribution in [3.05, 3.63) is 68.9 Å². The smallest absolute Gasteiger partial charge is 0.346 e. The lowest BCUT2D eigenvalue weighted by atomic mass is 10.1. The molecule has 4 aromatic rings. The summed E-state index contributed by atoms with van der Waals surface area (Å²) in [6.45, 7) is 3.37. The summed E-state index contributed by atoms with van der Waals surface area (Å²) >= 11 is 7.46. The molecule has 0 amide bonds. The number of thiazole rings is 1. The number of esters is 1. The predicted molar refractivity (Wildman–Crippen MR) is 115 cm³/mol. The van der Waals surface area contributed by atoms with E-state index in [1.54, 1.807) is 18.2 Å². The monoisotopic (exact) mass is 425 g/mol. The molecule has 0 unspecified atom stereocenters. The summed E-state index contributed by atoms with van der Waals surface area (Å²) in [6, 6.07) is 14.2. The number of carbonyl (C=O) groups is 1. The maximum atomic E-state index is 12.6. The molecule has 0 bridgehead atoms. The minimum atomic E-state index is -0.489. The Bertz CT molecular complexity index is 1270. The number of benzene rings is 2. The van der Waals surface area contributed by atoms with Gasteiger partial charge < -0.3 is 9.15 Å². The molecule has 2 aromatic carbocycles. The molecule has 0 saturated carbocycles. The Hall–Kier alpha value is -2.96. The van der Waals surface area contributed by atoms with Gasteiger partial charge in [-0.05, 0) is 36.8 Å². The van der Waals surface area contributed by atoms with E-state index in [1.807, 2.05) is 24.3 Å². The Morgan fingerprint density at radius 2 is 1.93 bits per heavy atom. The molecule has 0 aliphatic rings. The second kappa shape index (κ2) is 7.81. The molecule has 2 aromatic heterocycles. The SMILES string of the molecule is CCc1sc(-c2cc3ccc(OC(C)=O)cc3oc2=O)nc1-c1ccc(Cl)cc1. The van der Waals surface area contributed by atoms with Crippen molar-refractivity contribution in [1.82, 2.24) is 4.98 Å². The summed E-state index contributed by atoms with van der Waals surface area (Å²) in [4.78, 5) is 29.6. The van der Waals surface area contributed by atoms with Crippen LogP contribution >= 0.6 is 22.9 Å². The highest BCUT2D eigenvalue weighted by atomic mass is 35.5. The summed E-state index contributed by atoms with van der Waals surface area (Å²) in [6.07, 6.45) is 0.792. The van der Waals surface area contributed by atoms with Gasteiger partial charge in [-0.15, -0.1) is 11.3 Å². The molecule has 0 radical (unpaired) electrons. The molecule has 0 saturated heterocycles. The highest BCUT2D eigenvalue weighted by Gasteiger charge is 2.17. The number of rotatable bonds is 4. The van der Waals surface area contributed by atoms with Gasteiger partial charge in [0.05, 0.1) is 11.3 Å². The highest BCUT2D eigenvalue weighted by Crippen LogP contribution is 2.34. The van der Waals surface area contributed by atoms with Gasteiger partial charge in [-0.2, -0.15) is 0 Å². The van der Waals surface area contributed by atoms with Crippen LogP contribution < -0.4 is 10.4 Å². The molecule has 146 valence electrons. The molecule has 0 aliphatic heterocycles. The van der Waals surface area contributed by atoms with Crippen molar-refractivity contribution in [2.75, 3.05) is 0 Å². The molecule has 0 aliphatic carbocycles. The Morgan fingerprint density at radius 3 is 2.62 bits per heavy atom. The van der Waals surface area contributed by atoms with Crippen molar-refractivity contribution in [1.29, 1.82) is 0 Å². The van der Waals surface area contributed by atoms with Gasteiger partial charge in [-0.3, -0.25) is 4.79 Å². The lowest BCUT2D eigenvalue weighted by Crippen LogP contribution is -2.04. The molecular weight excluding hydrogens is 410 g/mol. The van der Waals surface area contributed by atoms with E-state index in [0.29, 0.717) is 26.9 Å². The van der Waals surface area contributed by atoms with E-state index < -0.39 is 11.6 Å². The summed E-state index contributed by atoms with van der Waals surface area (Å²) in [5.41, 5.74) is 2.05. The number of aromatic nitrogens is 1. The second-order valence-electron chi connectivity index (χ2n) is 6.39. The maximum absolute atomic E-state index is 12.6. The fourth-order valence-electron chi connectivity index (χ4n) is 3.01. The zero-order chi connectivity index (χ0) is 20.5. The molecule has 0 atom stereocenters. The van der Waals surface area contributed by atoms with Gasteiger partial charge in [0.1, 0.15) is 16.3 Å². The first-order valence-corrected chi connectivity index (χ1v) is 10.2. The number of fused-ring (bicyclic) bond motifs is 1. The molecule has 7 heteroatoms. The third-order valence-corrected chi connectivity index (χ3v) is 5.82. The van der Waals surface area contributed by atoms with Crippen LogP contribution in [0.15, 0.2) is 57.7 Å². The lowest BCUT2D eigenvalue weighted by Gasteiger charge is -2.03. The van der Waals surface area contributed by atoms with E-state index in [0.717, 1.165) is 27.9 Å². The van der Waals surface area contributed by atoms with E-state index in [-0.39, 0.29) is 0 Å². The predicted octanol–water partition coefficient (Wildman–Crippen LogP) is 5.72. The molecular formula is C22H16ClNO4S. The van der Waals surface area contributed by atoms with Gasteiger partial charge in [0.15, 0.2) is 0 Å². The van der Waals surface area contributed by atoms with Crippen molar-refractivity contribution >= 4 is 39.9 Å². The summed E-state index contributed by atoms with van der Waals surface area (Å²) in [5, 5.41) is 1.98. The number of ether oxygens (including phenoxy) is 1. The van der Waals surface area contributed by atoms with E-state index in [2.05, 4.69) is 6.92 Å². The number of nitrogens with zero attached hydrogens (tertiary/aromatic N) is 1. The highest BCUT2D eigenvalue weighted by molar-refractivity contribution is 7.15. The van der Waals surface area contributed by atoms with Crippen LogP contribution in [0.5, 0.6) is 5.75 Å². The Kier molecular flexibility index (Phi) is 5.22. The zero-order valence-corrected chi connectivity index (χ0v) is 17.3. The van der Waals surface area contributed by atoms with Gasteiger partial charge >= 0.3 is 11.6 Å². The quantitative estimate of drug-likeness (QED) is 0.237.